The molecular formula is C22H26N6O3. The van der Waals surface area contributed by atoms with E-state index < -0.39 is 5.69 Å². The van der Waals surface area contributed by atoms with Gasteiger partial charge in [0.05, 0.1) is 26.7 Å². The number of guanidine groups is 1. The van der Waals surface area contributed by atoms with Crippen molar-refractivity contribution in [2.24, 2.45) is 16.5 Å². The number of ether oxygens (including phenoxy) is 1. The zero-order valence-electron chi connectivity index (χ0n) is 17.3. The molecule has 0 spiro atoms. The summed E-state index contributed by atoms with van der Waals surface area (Å²) in [5.41, 5.74) is 11.7. The molecule has 0 unspecified atom stereocenters. The second kappa shape index (κ2) is 10.1. The van der Waals surface area contributed by atoms with Crippen LogP contribution in [0.25, 0.3) is 0 Å². The van der Waals surface area contributed by atoms with Crippen LogP contribution in [0.15, 0.2) is 75.2 Å². The van der Waals surface area contributed by atoms with Crippen molar-refractivity contribution in [3.63, 3.8) is 0 Å². The first-order valence-electron chi connectivity index (χ1n) is 9.78. The first kappa shape index (κ1) is 21.7. The van der Waals surface area contributed by atoms with Crippen molar-refractivity contribution in [2.75, 3.05) is 25.5 Å². The molecule has 0 amide bonds. The number of anilines is 1. The largest absolute Gasteiger partial charge is 0.497 e. The molecule has 0 saturated heterocycles. The highest BCUT2D eigenvalue weighted by Gasteiger charge is 2.12. The van der Waals surface area contributed by atoms with Gasteiger partial charge in [-0.2, -0.15) is 0 Å². The number of rotatable bonds is 9. The first-order chi connectivity index (χ1) is 15.0. The Bertz CT molecular complexity index is 1150. The minimum atomic E-state index is -0.406. The zero-order valence-corrected chi connectivity index (χ0v) is 17.3. The highest BCUT2D eigenvalue weighted by Crippen LogP contribution is 2.13. The summed E-state index contributed by atoms with van der Waals surface area (Å²) in [4.78, 5) is 29.9. The summed E-state index contributed by atoms with van der Waals surface area (Å²) in [6.07, 6.45) is 0. The Morgan fingerprint density at radius 3 is 2.26 bits per heavy atom. The van der Waals surface area contributed by atoms with Gasteiger partial charge in [0, 0.05) is 12.6 Å². The van der Waals surface area contributed by atoms with E-state index in [1.165, 1.54) is 15.2 Å². The van der Waals surface area contributed by atoms with Crippen molar-refractivity contribution < 1.29 is 4.74 Å². The predicted molar refractivity (Wildman–Crippen MR) is 122 cm³/mol. The van der Waals surface area contributed by atoms with Crippen LogP contribution in [0.3, 0.4) is 0 Å². The lowest BCUT2D eigenvalue weighted by Crippen LogP contribution is -2.41. The standard InChI is InChI=1S/C22H26N6O3/c1-31-18-9-7-17(8-10-18)14-27-19(25-11-12-26-21(23)24)13-20(29)28(22(27)30)15-16-5-3-2-4-6-16/h2-10,13,25H,11-12,14-15H2,1H3,(H4,23,24,26). The van der Waals surface area contributed by atoms with Crippen molar-refractivity contribution in [2.45, 2.75) is 13.1 Å². The minimum absolute atomic E-state index is 0.0179. The Hall–Kier alpha value is -4.01. The van der Waals surface area contributed by atoms with Crippen LogP contribution in [0.5, 0.6) is 5.75 Å². The minimum Gasteiger partial charge on any atom is -0.497 e. The fraction of sp³-hybridized carbons (Fsp3) is 0.227. The van der Waals surface area contributed by atoms with Gasteiger partial charge >= 0.3 is 5.69 Å². The van der Waals surface area contributed by atoms with Gasteiger partial charge in [0.15, 0.2) is 5.96 Å². The lowest BCUT2D eigenvalue weighted by Gasteiger charge is -2.17. The molecule has 0 aliphatic heterocycles. The van der Waals surface area contributed by atoms with Gasteiger partial charge in [0.25, 0.3) is 5.56 Å². The normalized spacial score (nSPS) is 10.5. The van der Waals surface area contributed by atoms with Crippen LogP contribution in [0, 0.1) is 0 Å². The first-order valence-corrected chi connectivity index (χ1v) is 9.78. The van der Waals surface area contributed by atoms with Crippen molar-refractivity contribution in [3.8, 4) is 5.75 Å². The highest BCUT2D eigenvalue weighted by molar-refractivity contribution is 5.75. The summed E-state index contributed by atoms with van der Waals surface area (Å²) >= 11 is 0. The molecule has 1 heterocycles. The number of hydrogen-bond donors (Lipinski definition) is 3. The molecule has 0 bridgehead atoms. The summed E-state index contributed by atoms with van der Waals surface area (Å²) in [7, 11) is 1.59. The topological polar surface area (TPSA) is 130 Å². The van der Waals surface area contributed by atoms with Crippen LogP contribution in [0.2, 0.25) is 0 Å². The molecule has 31 heavy (non-hydrogen) atoms. The molecule has 0 aliphatic carbocycles. The molecule has 162 valence electrons. The fourth-order valence-electron chi connectivity index (χ4n) is 3.11. The predicted octanol–water partition coefficient (Wildman–Crippen LogP) is 0.801. The van der Waals surface area contributed by atoms with Gasteiger partial charge in [0.1, 0.15) is 11.6 Å². The van der Waals surface area contributed by atoms with Gasteiger partial charge in [-0.3, -0.25) is 18.9 Å². The van der Waals surface area contributed by atoms with Crippen LogP contribution in [0.4, 0.5) is 5.82 Å². The van der Waals surface area contributed by atoms with Gasteiger partial charge in [-0.1, -0.05) is 42.5 Å². The van der Waals surface area contributed by atoms with Gasteiger partial charge < -0.3 is 21.5 Å². The van der Waals surface area contributed by atoms with Crippen LogP contribution >= 0.6 is 0 Å². The van der Waals surface area contributed by atoms with Crippen molar-refractivity contribution in [1.29, 1.82) is 0 Å². The van der Waals surface area contributed by atoms with E-state index in [-0.39, 0.29) is 24.6 Å². The molecule has 9 heteroatoms. The summed E-state index contributed by atoms with van der Waals surface area (Å²) in [6, 6.07) is 18.2. The van der Waals surface area contributed by atoms with E-state index in [9.17, 15) is 9.59 Å². The van der Waals surface area contributed by atoms with E-state index in [1.54, 1.807) is 7.11 Å². The average molecular weight is 422 g/mol. The maximum absolute atomic E-state index is 13.3. The van der Waals surface area contributed by atoms with E-state index in [2.05, 4.69) is 10.3 Å². The Balaban J connectivity index is 1.97. The summed E-state index contributed by atoms with van der Waals surface area (Å²) < 4.78 is 7.95. The summed E-state index contributed by atoms with van der Waals surface area (Å²) in [5.74, 6) is 1.11. The molecular weight excluding hydrogens is 396 g/mol. The van der Waals surface area contributed by atoms with Gasteiger partial charge in [0.2, 0.25) is 0 Å². The SMILES string of the molecule is COc1ccc(Cn2c(NCCN=C(N)N)cc(=O)n(Cc3ccccc3)c2=O)cc1. The Kier molecular flexibility index (Phi) is 7.10. The number of hydrogen-bond acceptors (Lipinski definition) is 5. The number of aliphatic imine (C=N–C) groups is 1. The second-order valence-electron chi connectivity index (χ2n) is 6.89. The lowest BCUT2D eigenvalue weighted by molar-refractivity contribution is 0.414. The van der Waals surface area contributed by atoms with E-state index in [0.29, 0.717) is 18.9 Å². The Labute approximate surface area is 179 Å². The van der Waals surface area contributed by atoms with Crippen LogP contribution < -0.4 is 32.8 Å². The third-order valence-corrected chi connectivity index (χ3v) is 4.67. The van der Waals surface area contributed by atoms with Crippen LogP contribution in [-0.4, -0.2) is 35.3 Å². The van der Waals surface area contributed by atoms with Crippen LogP contribution in [-0.2, 0) is 13.1 Å². The van der Waals surface area contributed by atoms with Gasteiger partial charge in [-0.05, 0) is 23.3 Å². The molecule has 1 aromatic heterocycles. The Morgan fingerprint density at radius 1 is 0.968 bits per heavy atom. The molecule has 3 rings (SSSR count). The molecule has 0 saturated carbocycles. The second-order valence-corrected chi connectivity index (χ2v) is 6.89. The van der Waals surface area contributed by atoms with E-state index in [0.717, 1.165) is 16.9 Å². The molecule has 0 atom stereocenters. The molecule has 0 aliphatic rings. The van der Waals surface area contributed by atoms with E-state index in [1.807, 2.05) is 54.6 Å². The van der Waals surface area contributed by atoms with Gasteiger partial charge in [-0.25, -0.2) is 4.79 Å². The van der Waals surface area contributed by atoms with Crippen LogP contribution in [0.1, 0.15) is 11.1 Å². The van der Waals surface area contributed by atoms with Crippen molar-refractivity contribution >= 4 is 11.8 Å². The third kappa shape index (κ3) is 5.75. The third-order valence-electron chi connectivity index (χ3n) is 4.67. The highest BCUT2D eigenvalue weighted by atomic mass is 16.5. The lowest BCUT2D eigenvalue weighted by atomic mass is 10.2. The van der Waals surface area contributed by atoms with Crippen molar-refractivity contribution in [3.05, 3.63) is 92.6 Å². The zero-order chi connectivity index (χ0) is 22.2. The molecule has 0 fully saturated rings. The monoisotopic (exact) mass is 422 g/mol. The number of nitrogens with two attached hydrogens (primary N) is 2. The maximum atomic E-state index is 13.3. The quantitative estimate of drug-likeness (QED) is 0.266. The number of aromatic nitrogens is 2. The molecule has 5 N–H and O–H groups in total. The summed E-state index contributed by atoms with van der Waals surface area (Å²) in [6.45, 7) is 1.15. The Morgan fingerprint density at radius 2 is 1.61 bits per heavy atom. The average Bonchev–Trinajstić information content (AvgIpc) is 2.77. The number of nitrogens with one attached hydrogen (secondary N) is 1. The smallest absolute Gasteiger partial charge is 0.333 e. The number of benzene rings is 2. The number of methoxy groups -OCH3 is 1. The molecule has 3 aromatic rings. The molecule has 2 aromatic carbocycles. The van der Waals surface area contributed by atoms with Crippen molar-refractivity contribution in [1.82, 2.24) is 9.13 Å². The number of nitrogens with zero attached hydrogens (tertiary/aromatic N) is 3. The van der Waals surface area contributed by atoms with E-state index >= 15 is 0 Å². The summed E-state index contributed by atoms with van der Waals surface area (Å²) in [5, 5.41) is 3.09. The molecule has 9 nitrogen and oxygen atoms in total. The molecule has 0 radical (unpaired) electrons. The fourth-order valence-corrected chi connectivity index (χ4v) is 3.11. The van der Waals surface area contributed by atoms with Gasteiger partial charge in [-0.15, -0.1) is 0 Å². The van der Waals surface area contributed by atoms with E-state index in [4.69, 9.17) is 16.2 Å². The maximum Gasteiger partial charge on any atom is 0.333 e.